The second kappa shape index (κ2) is 5.21. The number of ether oxygens (including phenoxy) is 1. The van der Waals surface area contributed by atoms with Crippen LogP contribution in [-0.4, -0.2) is 17.6 Å². The minimum atomic E-state index is 0.119. The molecule has 0 aromatic carbocycles. The second-order valence-corrected chi connectivity index (χ2v) is 4.74. The van der Waals surface area contributed by atoms with E-state index >= 15 is 0 Å². The summed E-state index contributed by atoms with van der Waals surface area (Å²) in [7, 11) is 0. The van der Waals surface area contributed by atoms with Gasteiger partial charge >= 0.3 is 0 Å². The lowest BCUT2D eigenvalue weighted by molar-refractivity contribution is -0.0877. The highest BCUT2D eigenvalue weighted by Crippen LogP contribution is 2.35. The highest BCUT2D eigenvalue weighted by molar-refractivity contribution is 6.20. The van der Waals surface area contributed by atoms with E-state index in [4.69, 9.17) is 16.3 Å². The largest absolute Gasteiger partial charge is 0.375 e. The number of hydrogen-bond acceptors (Lipinski definition) is 1. The fraction of sp³-hybridized carbons (Fsp3) is 1.00. The Morgan fingerprint density at radius 3 is 2.38 bits per heavy atom. The molecule has 1 rings (SSSR count). The zero-order valence-electron chi connectivity index (χ0n) is 8.81. The molecule has 1 saturated heterocycles. The van der Waals surface area contributed by atoms with Crippen LogP contribution in [0.25, 0.3) is 0 Å². The normalized spacial score (nSPS) is 27.5. The van der Waals surface area contributed by atoms with E-state index in [2.05, 4.69) is 13.8 Å². The van der Waals surface area contributed by atoms with Crippen LogP contribution in [0.5, 0.6) is 0 Å². The van der Waals surface area contributed by atoms with Gasteiger partial charge in [0.15, 0.2) is 0 Å². The molecule has 0 aromatic rings. The van der Waals surface area contributed by atoms with Crippen LogP contribution in [0, 0.1) is 0 Å². The molecule has 0 N–H and O–H groups in total. The Labute approximate surface area is 86.8 Å². The molecule has 0 radical (unpaired) electrons. The van der Waals surface area contributed by atoms with Crippen molar-refractivity contribution in [1.82, 2.24) is 0 Å². The molecule has 0 aliphatic carbocycles. The van der Waals surface area contributed by atoms with Gasteiger partial charge in [0, 0.05) is 12.0 Å². The maximum absolute atomic E-state index is 6.19. The van der Waals surface area contributed by atoms with Gasteiger partial charge in [0.1, 0.15) is 0 Å². The molecule has 13 heavy (non-hydrogen) atoms. The van der Waals surface area contributed by atoms with Crippen molar-refractivity contribution >= 4 is 11.6 Å². The highest BCUT2D eigenvalue weighted by atomic mass is 35.5. The maximum Gasteiger partial charge on any atom is 0.0696 e. The summed E-state index contributed by atoms with van der Waals surface area (Å²) in [6.07, 6.45) is 6.81. The SMILES string of the molecule is CCCC1(CCC)CC(Cl)CCO1. The van der Waals surface area contributed by atoms with E-state index in [-0.39, 0.29) is 5.60 Å². The summed E-state index contributed by atoms with van der Waals surface area (Å²) < 4.78 is 5.93. The van der Waals surface area contributed by atoms with Crippen molar-refractivity contribution in [3.05, 3.63) is 0 Å². The van der Waals surface area contributed by atoms with E-state index < -0.39 is 0 Å². The Bertz CT molecular complexity index is 136. The van der Waals surface area contributed by atoms with Gasteiger partial charge in [-0.15, -0.1) is 11.6 Å². The van der Waals surface area contributed by atoms with Gasteiger partial charge in [-0.3, -0.25) is 0 Å². The molecule has 1 heterocycles. The van der Waals surface area contributed by atoms with Crippen molar-refractivity contribution in [2.45, 2.75) is 63.4 Å². The van der Waals surface area contributed by atoms with Crippen LogP contribution in [0.15, 0.2) is 0 Å². The topological polar surface area (TPSA) is 9.23 Å². The van der Waals surface area contributed by atoms with Crippen LogP contribution in [0.1, 0.15) is 52.4 Å². The quantitative estimate of drug-likeness (QED) is 0.634. The first-order valence-electron chi connectivity index (χ1n) is 5.50. The maximum atomic E-state index is 6.19. The Kier molecular flexibility index (Phi) is 4.54. The number of alkyl halides is 1. The van der Waals surface area contributed by atoms with E-state index in [1.54, 1.807) is 0 Å². The molecule has 0 aromatic heterocycles. The summed E-state index contributed by atoms with van der Waals surface area (Å²) in [6.45, 7) is 5.30. The lowest BCUT2D eigenvalue weighted by atomic mass is 9.85. The summed E-state index contributed by atoms with van der Waals surface area (Å²) in [5.74, 6) is 0. The lowest BCUT2D eigenvalue weighted by Gasteiger charge is -2.39. The first kappa shape index (κ1) is 11.3. The van der Waals surface area contributed by atoms with E-state index in [9.17, 15) is 0 Å². The van der Waals surface area contributed by atoms with Gasteiger partial charge < -0.3 is 4.74 Å². The molecule has 0 bridgehead atoms. The Morgan fingerprint density at radius 2 is 1.92 bits per heavy atom. The summed E-state index contributed by atoms with van der Waals surface area (Å²) in [5.41, 5.74) is 0.119. The third-order valence-electron chi connectivity index (χ3n) is 2.84. The average molecular weight is 205 g/mol. The van der Waals surface area contributed by atoms with Gasteiger partial charge in [0.05, 0.1) is 5.60 Å². The van der Waals surface area contributed by atoms with Crippen molar-refractivity contribution in [2.24, 2.45) is 0 Å². The molecule has 1 aliphatic rings. The van der Waals surface area contributed by atoms with Crippen molar-refractivity contribution in [1.29, 1.82) is 0 Å². The molecule has 1 nitrogen and oxygen atoms in total. The average Bonchev–Trinajstić information content (AvgIpc) is 2.04. The van der Waals surface area contributed by atoms with Crippen molar-refractivity contribution < 1.29 is 4.74 Å². The third-order valence-corrected chi connectivity index (χ3v) is 3.22. The van der Waals surface area contributed by atoms with Crippen LogP contribution in [0.3, 0.4) is 0 Å². The van der Waals surface area contributed by atoms with Crippen molar-refractivity contribution in [2.75, 3.05) is 6.61 Å². The van der Waals surface area contributed by atoms with Crippen molar-refractivity contribution in [3.63, 3.8) is 0 Å². The third kappa shape index (κ3) is 3.14. The molecule has 0 amide bonds. The smallest absolute Gasteiger partial charge is 0.0696 e. The van der Waals surface area contributed by atoms with Crippen LogP contribution in [0.4, 0.5) is 0 Å². The predicted molar refractivity (Wildman–Crippen MR) is 57.4 cm³/mol. The summed E-state index contributed by atoms with van der Waals surface area (Å²) >= 11 is 6.19. The van der Waals surface area contributed by atoms with Gasteiger partial charge in [-0.05, 0) is 25.7 Å². The lowest BCUT2D eigenvalue weighted by Crippen LogP contribution is -2.40. The van der Waals surface area contributed by atoms with Crippen LogP contribution in [-0.2, 0) is 4.74 Å². The van der Waals surface area contributed by atoms with Gasteiger partial charge in [-0.2, -0.15) is 0 Å². The van der Waals surface area contributed by atoms with Crippen LogP contribution < -0.4 is 0 Å². The van der Waals surface area contributed by atoms with E-state index in [0.717, 1.165) is 19.4 Å². The summed E-state index contributed by atoms with van der Waals surface area (Å²) in [5, 5.41) is 0.340. The molecular formula is C11H21ClO. The van der Waals surface area contributed by atoms with E-state index in [1.807, 2.05) is 0 Å². The molecule has 0 saturated carbocycles. The van der Waals surface area contributed by atoms with E-state index in [1.165, 1.54) is 25.7 Å². The summed E-state index contributed by atoms with van der Waals surface area (Å²) in [6, 6.07) is 0. The zero-order valence-corrected chi connectivity index (χ0v) is 9.57. The standard InChI is InChI=1S/C11H21ClO/c1-3-6-11(7-4-2)9-10(12)5-8-13-11/h10H,3-9H2,1-2H3. The van der Waals surface area contributed by atoms with Gasteiger partial charge in [-0.1, -0.05) is 26.7 Å². The monoisotopic (exact) mass is 204 g/mol. The molecular weight excluding hydrogens is 184 g/mol. The molecule has 0 spiro atoms. The Morgan fingerprint density at radius 1 is 1.31 bits per heavy atom. The van der Waals surface area contributed by atoms with Crippen molar-refractivity contribution in [3.8, 4) is 0 Å². The fourth-order valence-corrected chi connectivity index (χ4v) is 2.72. The Hall–Kier alpha value is 0.250. The minimum absolute atomic E-state index is 0.119. The number of rotatable bonds is 4. The van der Waals surface area contributed by atoms with Crippen LogP contribution >= 0.6 is 11.6 Å². The number of hydrogen-bond donors (Lipinski definition) is 0. The molecule has 78 valence electrons. The molecule has 1 fully saturated rings. The van der Waals surface area contributed by atoms with Crippen LogP contribution in [0.2, 0.25) is 0 Å². The minimum Gasteiger partial charge on any atom is -0.375 e. The van der Waals surface area contributed by atoms with E-state index in [0.29, 0.717) is 5.38 Å². The predicted octanol–water partition coefficient (Wildman–Crippen LogP) is 3.74. The fourth-order valence-electron chi connectivity index (χ4n) is 2.35. The molecule has 1 aliphatic heterocycles. The molecule has 2 heteroatoms. The van der Waals surface area contributed by atoms with Gasteiger partial charge in [0.2, 0.25) is 0 Å². The highest BCUT2D eigenvalue weighted by Gasteiger charge is 2.35. The molecule has 1 unspecified atom stereocenters. The van der Waals surface area contributed by atoms with Gasteiger partial charge in [-0.25, -0.2) is 0 Å². The van der Waals surface area contributed by atoms with Gasteiger partial charge in [0.25, 0.3) is 0 Å². The second-order valence-electron chi connectivity index (χ2n) is 4.12. The summed E-state index contributed by atoms with van der Waals surface area (Å²) in [4.78, 5) is 0. The zero-order chi connectivity index (χ0) is 9.73. The first-order chi connectivity index (χ1) is 6.22. The number of halogens is 1. The first-order valence-corrected chi connectivity index (χ1v) is 5.94. The Balaban J connectivity index is 2.53. The molecule has 1 atom stereocenters.